The molecule has 2 aromatic carbocycles. The molecule has 32 heavy (non-hydrogen) atoms. The number of amides is 2. The molecule has 0 radical (unpaired) electrons. The van der Waals surface area contributed by atoms with Crippen molar-refractivity contribution in [3.63, 3.8) is 0 Å². The molecule has 7 heteroatoms. The number of thiophene rings is 1. The van der Waals surface area contributed by atoms with Crippen molar-refractivity contribution in [1.29, 1.82) is 0 Å². The van der Waals surface area contributed by atoms with Crippen LogP contribution in [0.15, 0.2) is 60.0 Å². The van der Waals surface area contributed by atoms with Gasteiger partial charge in [0, 0.05) is 37.9 Å². The first-order valence-electron chi connectivity index (χ1n) is 10.7. The van der Waals surface area contributed by atoms with Crippen molar-refractivity contribution in [2.45, 2.75) is 25.8 Å². The molecule has 1 aromatic heterocycles. The maximum absolute atomic E-state index is 13.0. The van der Waals surface area contributed by atoms with E-state index >= 15 is 0 Å². The highest BCUT2D eigenvalue weighted by atomic mass is 35.5. The van der Waals surface area contributed by atoms with Gasteiger partial charge in [-0.1, -0.05) is 29.8 Å². The van der Waals surface area contributed by atoms with Crippen molar-refractivity contribution in [2.75, 3.05) is 30.4 Å². The van der Waals surface area contributed by atoms with Crippen LogP contribution in [0.5, 0.6) is 0 Å². The van der Waals surface area contributed by atoms with Crippen LogP contribution >= 0.6 is 22.9 Å². The Hall–Kier alpha value is -2.83. The van der Waals surface area contributed by atoms with Gasteiger partial charge in [-0.2, -0.15) is 0 Å². The smallest absolute Gasteiger partial charge is 0.265 e. The van der Waals surface area contributed by atoms with E-state index in [-0.39, 0.29) is 11.8 Å². The monoisotopic (exact) mass is 467 g/mol. The van der Waals surface area contributed by atoms with E-state index in [4.69, 9.17) is 11.6 Å². The van der Waals surface area contributed by atoms with E-state index in [0.717, 1.165) is 18.7 Å². The van der Waals surface area contributed by atoms with E-state index in [0.29, 0.717) is 27.7 Å². The highest BCUT2D eigenvalue weighted by Crippen LogP contribution is 2.26. The highest BCUT2D eigenvalue weighted by molar-refractivity contribution is 7.12. The Morgan fingerprint density at radius 1 is 1.06 bits per heavy atom. The molecule has 0 aliphatic carbocycles. The predicted octanol–water partition coefficient (Wildman–Crippen LogP) is 5.92. The molecule has 2 amide bonds. The summed E-state index contributed by atoms with van der Waals surface area (Å²) in [6.45, 7) is 2.72. The third-order valence-electron chi connectivity index (χ3n) is 5.63. The second kappa shape index (κ2) is 10.2. The van der Waals surface area contributed by atoms with Gasteiger partial charge in [-0.3, -0.25) is 9.59 Å². The maximum Gasteiger partial charge on any atom is 0.265 e. The van der Waals surface area contributed by atoms with Crippen molar-refractivity contribution < 1.29 is 9.59 Å². The van der Waals surface area contributed by atoms with E-state index in [2.05, 4.69) is 34.5 Å². The SMILES string of the molecule is CN(Cc1ccc(N2CCCCC2)cc1)C(=O)c1ccc(Cl)c(NC(=O)c2cccs2)c1. The van der Waals surface area contributed by atoms with Gasteiger partial charge in [0.2, 0.25) is 0 Å². The summed E-state index contributed by atoms with van der Waals surface area (Å²) in [5, 5.41) is 5.03. The summed E-state index contributed by atoms with van der Waals surface area (Å²) in [4.78, 5) is 30.0. The molecular weight excluding hydrogens is 442 g/mol. The Balaban J connectivity index is 1.41. The molecule has 0 spiro atoms. The molecular formula is C25H26ClN3O2S. The summed E-state index contributed by atoms with van der Waals surface area (Å²) in [6, 6.07) is 17.0. The number of benzene rings is 2. The minimum Gasteiger partial charge on any atom is -0.372 e. The van der Waals surface area contributed by atoms with Crippen molar-refractivity contribution in [1.82, 2.24) is 4.90 Å². The largest absolute Gasteiger partial charge is 0.372 e. The number of hydrogen-bond acceptors (Lipinski definition) is 4. The average Bonchev–Trinajstić information content (AvgIpc) is 3.36. The van der Waals surface area contributed by atoms with E-state index in [1.165, 1.54) is 36.3 Å². The molecule has 3 aromatic rings. The number of nitrogens with one attached hydrogen (secondary N) is 1. The molecule has 1 saturated heterocycles. The minimum atomic E-state index is -0.242. The molecule has 5 nitrogen and oxygen atoms in total. The average molecular weight is 468 g/mol. The topological polar surface area (TPSA) is 52.6 Å². The first-order valence-corrected chi connectivity index (χ1v) is 12.0. The summed E-state index contributed by atoms with van der Waals surface area (Å²) >= 11 is 7.60. The Bertz CT molecular complexity index is 1080. The van der Waals surface area contributed by atoms with Crippen molar-refractivity contribution >= 4 is 46.1 Å². The molecule has 166 valence electrons. The molecule has 2 heterocycles. The number of hydrogen-bond donors (Lipinski definition) is 1. The van der Waals surface area contributed by atoms with E-state index in [1.807, 2.05) is 11.4 Å². The van der Waals surface area contributed by atoms with Gasteiger partial charge < -0.3 is 15.1 Å². The molecule has 0 unspecified atom stereocenters. The van der Waals surface area contributed by atoms with Gasteiger partial charge in [-0.25, -0.2) is 0 Å². The van der Waals surface area contributed by atoms with Crippen molar-refractivity contribution in [2.24, 2.45) is 0 Å². The van der Waals surface area contributed by atoms with Gasteiger partial charge in [0.15, 0.2) is 0 Å². The van der Waals surface area contributed by atoms with Gasteiger partial charge in [0.1, 0.15) is 0 Å². The minimum absolute atomic E-state index is 0.131. The lowest BCUT2D eigenvalue weighted by Gasteiger charge is -2.29. The zero-order valence-electron chi connectivity index (χ0n) is 18.0. The number of anilines is 2. The lowest BCUT2D eigenvalue weighted by atomic mass is 10.1. The highest BCUT2D eigenvalue weighted by Gasteiger charge is 2.16. The van der Waals surface area contributed by atoms with Crippen LogP contribution in [0.2, 0.25) is 5.02 Å². The van der Waals surface area contributed by atoms with Crippen LogP contribution in [-0.2, 0) is 6.54 Å². The summed E-state index contributed by atoms with van der Waals surface area (Å²) < 4.78 is 0. The standard InChI is InChI=1S/C25H26ClN3O2S/c1-28(17-18-7-10-20(11-8-18)29-13-3-2-4-14-29)25(31)19-9-12-21(26)22(16-19)27-24(30)23-6-5-15-32-23/h5-12,15-16H,2-4,13-14,17H2,1H3,(H,27,30). The van der Waals surface area contributed by atoms with Gasteiger partial charge in [-0.05, 0) is 66.6 Å². The maximum atomic E-state index is 13.0. The van der Waals surface area contributed by atoms with Crippen molar-refractivity contribution in [3.05, 3.63) is 81.0 Å². The van der Waals surface area contributed by atoms with E-state index in [9.17, 15) is 9.59 Å². The Morgan fingerprint density at radius 2 is 1.81 bits per heavy atom. The quantitative estimate of drug-likeness (QED) is 0.489. The fourth-order valence-corrected chi connectivity index (χ4v) is 4.66. The Kier molecular flexibility index (Phi) is 7.12. The molecule has 0 atom stereocenters. The van der Waals surface area contributed by atoms with Gasteiger partial charge in [-0.15, -0.1) is 11.3 Å². The number of carbonyl (C=O) groups is 2. The number of halogens is 1. The molecule has 1 N–H and O–H groups in total. The molecule has 1 aliphatic heterocycles. The predicted molar refractivity (Wildman–Crippen MR) is 132 cm³/mol. The lowest BCUT2D eigenvalue weighted by molar-refractivity contribution is 0.0785. The molecule has 0 saturated carbocycles. The number of nitrogens with zero attached hydrogens (tertiary/aromatic N) is 2. The van der Waals surface area contributed by atoms with Crippen LogP contribution in [0.3, 0.4) is 0 Å². The number of rotatable bonds is 6. The van der Waals surface area contributed by atoms with Crippen LogP contribution in [0, 0.1) is 0 Å². The van der Waals surface area contributed by atoms with E-state index < -0.39 is 0 Å². The van der Waals surface area contributed by atoms with Gasteiger partial charge >= 0.3 is 0 Å². The molecule has 1 fully saturated rings. The first kappa shape index (κ1) is 22.4. The second-order valence-electron chi connectivity index (χ2n) is 8.00. The lowest BCUT2D eigenvalue weighted by Crippen LogP contribution is -2.29. The Labute approximate surface area is 197 Å². The van der Waals surface area contributed by atoms with Crippen LogP contribution < -0.4 is 10.2 Å². The Morgan fingerprint density at radius 3 is 2.50 bits per heavy atom. The first-order chi connectivity index (χ1) is 15.5. The van der Waals surface area contributed by atoms with Crippen LogP contribution in [0.1, 0.15) is 44.9 Å². The van der Waals surface area contributed by atoms with Crippen molar-refractivity contribution in [3.8, 4) is 0 Å². The number of piperidine rings is 1. The summed E-state index contributed by atoms with van der Waals surface area (Å²) in [5.74, 6) is -0.373. The summed E-state index contributed by atoms with van der Waals surface area (Å²) in [5.41, 5.74) is 3.21. The molecule has 4 rings (SSSR count). The molecule has 1 aliphatic rings. The third kappa shape index (κ3) is 5.31. The van der Waals surface area contributed by atoms with Gasteiger partial charge in [0.25, 0.3) is 11.8 Å². The fourth-order valence-electron chi connectivity index (χ4n) is 3.88. The second-order valence-corrected chi connectivity index (χ2v) is 9.36. The fraction of sp³-hybridized carbons (Fsp3) is 0.280. The van der Waals surface area contributed by atoms with E-state index in [1.54, 1.807) is 36.2 Å². The number of carbonyl (C=O) groups excluding carboxylic acids is 2. The normalized spacial score (nSPS) is 13.6. The van der Waals surface area contributed by atoms with Gasteiger partial charge in [0.05, 0.1) is 15.6 Å². The zero-order chi connectivity index (χ0) is 22.5. The summed E-state index contributed by atoms with van der Waals surface area (Å²) in [6.07, 6.45) is 3.80. The third-order valence-corrected chi connectivity index (χ3v) is 6.83. The van der Waals surface area contributed by atoms with Crippen LogP contribution in [0.25, 0.3) is 0 Å². The molecule has 0 bridgehead atoms. The zero-order valence-corrected chi connectivity index (χ0v) is 19.6. The van der Waals surface area contributed by atoms with Crippen LogP contribution in [0.4, 0.5) is 11.4 Å². The van der Waals surface area contributed by atoms with Crippen LogP contribution in [-0.4, -0.2) is 36.9 Å². The summed E-state index contributed by atoms with van der Waals surface area (Å²) in [7, 11) is 1.78.